The molecule has 0 aromatic carbocycles. The summed E-state index contributed by atoms with van der Waals surface area (Å²) < 4.78 is 0. The predicted octanol–water partition coefficient (Wildman–Crippen LogP) is 1.33. The average Bonchev–Trinajstić information content (AvgIpc) is 2.79. The highest BCUT2D eigenvalue weighted by molar-refractivity contribution is 7.09. The van der Waals surface area contributed by atoms with Crippen molar-refractivity contribution in [2.75, 3.05) is 0 Å². The van der Waals surface area contributed by atoms with Crippen LogP contribution in [0.3, 0.4) is 0 Å². The molecule has 0 bridgehead atoms. The molecule has 2 amide bonds. The van der Waals surface area contributed by atoms with E-state index in [1.54, 1.807) is 31.9 Å². The molecule has 5 nitrogen and oxygen atoms in total. The molecular weight excluding hydrogens is 250 g/mol. The van der Waals surface area contributed by atoms with Gasteiger partial charge in [-0.25, -0.2) is 4.98 Å². The number of rotatable bonds is 2. The third-order valence-corrected chi connectivity index (χ3v) is 4.17. The van der Waals surface area contributed by atoms with Crippen molar-refractivity contribution in [2.45, 2.75) is 45.3 Å². The summed E-state index contributed by atoms with van der Waals surface area (Å²) in [6.07, 6.45) is 1.71. The molecule has 1 aromatic rings. The number of amides is 2. The lowest BCUT2D eigenvalue weighted by Crippen LogP contribution is -2.67. The Morgan fingerprint density at radius 1 is 1.50 bits per heavy atom. The molecule has 2 atom stereocenters. The molecule has 6 heteroatoms. The van der Waals surface area contributed by atoms with Gasteiger partial charge in [0, 0.05) is 11.6 Å². The van der Waals surface area contributed by atoms with Gasteiger partial charge in [0.05, 0.1) is 6.04 Å². The van der Waals surface area contributed by atoms with E-state index in [1.807, 2.05) is 12.3 Å². The van der Waals surface area contributed by atoms with Crippen molar-refractivity contribution in [1.82, 2.24) is 15.2 Å². The average molecular weight is 267 g/mol. The molecule has 0 radical (unpaired) electrons. The third kappa shape index (κ3) is 2.01. The van der Waals surface area contributed by atoms with Gasteiger partial charge >= 0.3 is 0 Å². The smallest absolute Gasteiger partial charge is 0.249 e. The molecule has 2 unspecified atom stereocenters. The van der Waals surface area contributed by atoms with E-state index in [0.717, 1.165) is 5.01 Å². The summed E-state index contributed by atoms with van der Waals surface area (Å²) in [6, 6.07) is -0.651. The normalized spacial score (nSPS) is 24.9. The minimum Gasteiger partial charge on any atom is -0.340 e. The molecule has 0 saturated carbocycles. The Bertz CT molecular complexity index is 470. The monoisotopic (exact) mass is 267 g/mol. The van der Waals surface area contributed by atoms with Gasteiger partial charge in [0.25, 0.3) is 0 Å². The van der Waals surface area contributed by atoms with Crippen LogP contribution in [0.4, 0.5) is 0 Å². The van der Waals surface area contributed by atoms with Gasteiger partial charge in [-0.05, 0) is 27.7 Å². The summed E-state index contributed by atoms with van der Waals surface area (Å²) in [5.74, 6) is -0.194. The second-order valence-corrected chi connectivity index (χ2v) is 5.98. The van der Waals surface area contributed by atoms with Crippen molar-refractivity contribution >= 4 is 23.2 Å². The molecule has 1 fully saturated rings. The molecule has 98 valence electrons. The van der Waals surface area contributed by atoms with E-state index in [4.69, 9.17) is 0 Å². The summed E-state index contributed by atoms with van der Waals surface area (Å²) >= 11 is 1.49. The van der Waals surface area contributed by atoms with Crippen molar-refractivity contribution in [3.05, 3.63) is 16.6 Å². The first-order valence-electron chi connectivity index (χ1n) is 5.89. The highest BCUT2D eigenvalue weighted by Crippen LogP contribution is 2.29. The SMILES string of the molecule is CC1C(=O)NC(C)(C)C(=O)N1C(C)c1nccs1. The van der Waals surface area contributed by atoms with Crippen LogP contribution in [0, 0.1) is 0 Å². The molecule has 0 aliphatic carbocycles. The van der Waals surface area contributed by atoms with Crippen LogP contribution in [0.25, 0.3) is 0 Å². The van der Waals surface area contributed by atoms with Gasteiger partial charge in [-0.1, -0.05) is 0 Å². The maximum Gasteiger partial charge on any atom is 0.249 e. The van der Waals surface area contributed by atoms with Gasteiger partial charge in [-0.3, -0.25) is 9.59 Å². The van der Waals surface area contributed by atoms with E-state index in [1.165, 1.54) is 11.3 Å². The summed E-state index contributed by atoms with van der Waals surface area (Å²) in [5, 5.41) is 5.46. The number of aromatic nitrogens is 1. The van der Waals surface area contributed by atoms with Crippen LogP contribution in [0.5, 0.6) is 0 Å². The second kappa shape index (κ2) is 4.35. The maximum absolute atomic E-state index is 12.4. The van der Waals surface area contributed by atoms with Crippen molar-refractivity contribution < 1.29 is 9.59 Å². The summed E-state index contributed by atoms with van der Waals surface area (Å²) in [7, 11) is 0. The number of hydrogen-bond acceptors (Lipinski definition) is 4. The molecule has 1 aliphatic rings. The predicted molar refractivity (Wildman–Crippen MR) is 69.1 cm³/mol. The van der Waals surface area contributed by atoms with E-state index < -0.39 is 11.6 Å². The number of nitrogens with zero attached hydrogens (tertiary/aromatic N) is 2. The molecule has 1 aromatic heterocycles. The molecular formula is C12H17N3O2S. The van der Waals surface area contributed by atoms with Crippen LogP contribution in [0.15, 0.2) is 11.6 Å². The maximum atomic E-state index is 12.4. The Morgan fingerprint density at radius 3 is 2.72 bits per heavy atom. The van der Waals surface area contributed by atoms with Crippen LogP contribution in [0.2, 0.25) is 0 Å². The van der Waals surface area contributed by atoms with Crippen LogP contribution >= 0.6 is 11.3 Å². The summed E-state index contributed by atoms with van der Waals surface area (Å²) in [6.45, 7) is 7.09. The summed E-state index contributed by atoms with van der Waals surface area (Å²) in [4.78, 5) is 30.2. The number of carbonyl (C=O) groups is 2. The Balaban J connectivity index is 2.34. The third-order valence-electron chi connectivity index (χ3n) is 3.23. The number of hydrogen-bond donors (Lipinski definition) is 1. The molecule has 1 aliphatic heterocycles. The number of thiazole rings is 1. The van der Waals surface area contributed by atoms with Crippen molar-refractivity contribution in [3.63, 3.8) is 0 Å². The number of piperazine rings is 1. The van der Waals surface area contributed by atoms with Crippen molar-refractivity contribution in [1.29, 1.82) is 0 Å². The van der Waals surface area contributed by atoms with Crippen LogP contribution < -0.4 is 5.32 Å². The Kier molecular flexibility index (Phi) is 3.14. The standard InChI is InChI=1S/C12H17N3O2S/c1-7-9(16)14-12(3,4)11(17)15(7)8(2)10-13-5-6-18-10/h5-8H,1-4H3,(H,14,16). The first kappa shape index (κ1) is 13.0. The zero-order valence-electron chi connectivity index (χ0n) is 10.9. The molecule has 1 N–H and O–H groups in total. The Hall–Kier alpha value is -1.43. The van der Waals surface area contributed by atoms with Crippen LogP contribution in [-0.2, 0) is 9.59 Å². The van der Waals surface area contributed by atoms with Crippen LogP contribution in [0.1, 0.15) is 38.7 Å². The van der Waals surface area contributed by atoms with Gasteiger partial charge in [-0.2, -0.15) is 0 Å². The Morgan fingerprint density at radius 2 is 2.17 bits per heavy atom. The van der Waals surface area contributed by atoms with Crippen molar-refractivity contribution in [3.8, 4) is 0 Å². The highest BCUT2D eigenvalue weighted by Gasteiger charge is 2.45. The van der Waals surface area contributed by atoms with Crippen LogP contribution in [-0.4, -0.2) is 33.3 Å². The zero-order valence-corrected chi connectivity index (χ0v) is 11.7. The fourth-order valence-electron chi connectivity index (χ4n) is 2.16. The topological polar surface area (TPSA) is 62.3 Å². The lowest BCUT2D eigenvalue weighted by molar-refractivity contribution is -0.155. The van der Waals surface area contributed by atoms with Crippen molar-refractivity contribution in [2.24, 2.45) is 0 Å². The van der Waals surface area contributed by atoms with E-state index in [2.05, 4.69) is 10.3 Å². The minimum absolute atomic E-state index is 0.0719. The van der Waals surface area contributed by atoms with Gasteiger partial charge in [-0.15, -0.1) is 11.3 Å². The lowest BCUT2D eigenvalue weighted by Gasteiger charge is -2.43. The lowest BCUT2D eigenvalue weighted by atomic mass is 9.96. The first-order chi connectivity index (χ1) is 8.34. The molecule has 0 spiro atoms. The van der Waals surface area contributed by atoms with E-state index in [-0.39, 0.29) is 17.9 Å². The summed E-state index contributed by atoms with van der Waals surface area (Å²) in [5.41, 5.74) is -0.852. The fourth-order valence-corrected chi connectivity index (χ4v) is 2.86. The second-order valence-electron chi connectivity index (χ2n) is 5.05. The Labute approximate surface area is 110 Å². The van der Waals surface area contributed by atoms with E-state index in [9.17, 15) is 9.59 Å². The highest BCUT2D eigenvalue weighted by atomic mass is 32.1. The van der Waals surface area contributed by atoms with Gasteiger partial charge < -0.3 is 10.2 Å². The molecule has 18 heavy (non-hydrogen) atoms. The zero-order chi connectivity index (χ0) is 13.5. The molecule has 2 rings (SSSR count). The van der Waals surface area contributed by atoms with Gasteiger partial charge in [0.2, 0.25) is 11.8 Å². The van der Waals surface area contributed by atoms with Gasteiger partial charge in [0.15, 0.2) is 0 Å². The largest absolute Gasteiger partial charge is 0.340 e. The molecule has 2 heterocycles. The quantitative estimate of drug-likeness (QED) is 0.879. The fraction of sp³-hybridized carbons (Fsp3) is 0.583. The van der Waals surface area contributed by atoms with E-state index in [0.29, 0.717) is 0 Å². The van der Waals surface area contributed by atoms with Gasteiger partial charge in [0.1, 0.15) is 16.6 Å². The van der Waals surface area contributed by atoms with E-state index >= 15 is 0 Å². The first-order valence-corrected chi connectivity index (χ1v) is 6.76. The number of nitrogens with one attached hydrogen (secondary N) is 1. The minimum atomic E-state index is -0.852. The number of carbonyl (C=O) groups excluding carboxylic acids is 2. The molecule has 1 saturated heterocycles.